The summed E-state index contributed by atoms with van der Waals surface area (Å²) in [6, 6.07) is 5.39. The van der Waals surface area contributed by atoms with Gasteiger partial charge in [-0.25, -0.2) is 4.79 Å². The number of hydrogen-bond donors (Lipinski definition) is 0. The fourth-order valence-corrected chi connectivity index (χ4v) is 1.63. The van der Waals surface area contributed by atoms with Crippen molar-refractivity contribution in [1.82, 2.24) is 4.98 Å². The van der Waals surface area contributed by atoms with E-state index in [1.807, 2.05) is 13.0 Å². The molecule has 19 heavy (non-hydrogen) atoms. The molecule has 1 heterocycles. The van der Waals surface area contributed by atoms with E-state index < -0.39 is 23.4 Å². The van der Waals surface area contributed by atoms with Gasteiger partial charge in [0.05, 0.1) is 7.11 Å². The molecule has 0 aliphatic rings. The number of Topliss-reactive ketones (excluding diaryl/α,β-unsaturated/α-hetero) is 1. The van der Waals surface area contributed by atoms with Gasteiger partial charge in [-0.3, -0.25) is 9.78 Å². The minimum Gasteiger partial charge on any atom is -0.460 e. The molecule has 0 aromatic carbocycles. The minimum atomic E-state index is -0.951. The average molecular weight is 261 g/mol. The van der Waals surface area contributed by atoms with E-state index in [0.29, 0.717) is 0 Å². The first-order valence-corrected chi connectivity index (χ1v) is 5.78. The first-order valence-electron chi connectivity index (χ1n) is 5.78. The minimum absolute atomic E-state index is 0.213. The second kappa shape index (κ2) is 6.56. The van der Waals surface area contributed by atoms with Gasteiger partial charge in [-0.15, -0.1) is 0 Å². The zero-order valence-electron chi connectivity index (χ0n) is 11.0. The van der Waals surface area contributed by atoms with E-state index in [2.05, 4.69) is 14.5 Å². The summed E-state index contributed by atoms with van der Waals surface area (Å²) in [5.74, 6) is -2.30. The molecule has 0 amide bonds. The van der Waals surface area contributed by atoms with Crippen molar-refractivity contribution in [3.63, 3.8) is 0 Å². The Morgan fingerprint density at radius 2 is 2.05 bits per heavy atom. The summed E-state index contributed by atoms with van der Waals surface area (Å²) in [4.78, 5) is 30.3. The van der Waals surface area contributed by atoms with Crippen molar-refractivity contribution in [2.75, 3.05) is 7.11 Å². The Morgan fingerprint density at radius 3 is 2.53 bits per heavy atom. The highest BCUT2D eigenvalue weighted by molar-refractivity contribution is 6.62. The lowest BCUT2D eigenvalue weighted by Gasteiger charge is -2.15. The maximum absolute atomic E-state index is 12.1. The van der Waals surface area contributed by atoms with Gasteiger partial charge in [0.1, 0.15) is 0 Å². The largest absolute Gasteiger partial charge is 0.460 e. The number of pyridine rings is 1. The molecule has 6 heteroatoms. The van der Waals surface area contributed by atoms with Crippen molar-refractivity contribution in [2.24, 2.45) is 5.92 Å². The van der Waals surface area contributed by atoms with Crippen LogP contribution in [-0.2, 0) is 14.3 Å². The van der Waals surface area contributed by atoms with E-state index in [-0.39, 0.29) is 5.92 Å². The smallest absolute Gasteiger partial charge is 0.441 e. The third kappa shape index (κ3) is 3.33. The molecular weight excluding hydrogens is 246 g/mol. The van der Waals surface area contributed by atoms with Crippen LogP contribution < -0.4 is 0 Å². The van der Waals surface area contributed by atoms with E-state index in [0.717, 1.165) is 12.8 Å². The van der Waals surface area contributed by atoms with Gasteiger partial charge in [0, 0.05) is 23.7 Å². The molecule has 1 aromatic heterocycles. The Kier molecular flexibility index (Phi) is 5.09. The van der Waals surface area contributed by atoms with Gasteiger partial charge in [-0.2, -0.15) is 4.79 Å². The van der Waals surface area contributed by atoms with Gasteiger partial charge < -0.3 is 10.3 Å². The normalized spacial score (nSPS) is 13.0. The van der Waals surface area contributed by atoms with Crippen LogP contribution in [0.4, 0.5) is 0 Å². The van der Waals surface area contributed by atoms with Crippen LogP contribution in [0.1, 0.15) is 25.5 Å². The Bertz CT molecular complexity index is 521. The van der Waals surface area contributed by atoms with E-state index in [1.54, 1.807) is 25.3 Å². The molecule has 100 valence electrons. The lowest BCUT2D eigenvalue weighted by atomic mass is 9.87. The highest BCUT2D eigenvalue weighted by Gasteiger charge is 2.37. The predicted molar refractivity (Wildman–Crippen MR) is 67.5 cm³/mol. The first-order chi connectivity index (χ1) is 9.02. The molecule has 0 spiro atoms. The monoisotopic (exact) mass is 261 g/mol. The number of aromatic nitrogens is 1. The molecule has 1 rings (SSSR count). The van der Waals surface area contributed by atoms with Crippen molar-refractivity contribution in [2.45, 2.75) is 19.8 Å². The van der Waals surface area contributed by atoms with Gasteiger partial charge in [-0.1, -0.05) is 19.9 Å². The number of rotatable bonds is 5. The summed E-state index contributed by atoms with van der Waals surface area (Å²) in [5.41, 5.74) is 8.88. The quantitative estimate of drug-likeness (QED) is 0.262. The van der Waals surface area contributed by atoms with Crippen LogP contribution in [0.15, 0.2) is 24.4 Å². The molecule has 0 aliphatic heterocycles. The Morgan fingerprint density at radius 1 is 1.37 bits per heavy atom. The van der Waals surface area contributed by atoms with Crippen molar-refractivity contribution in [3.8, 4) is 0 Å². The van der Waals surface area contributed by atoms with Crippen molar-refractivity contribution in [1.29, 1.82) is 0 Å². The summed E-state index contributed by atoms with van der Waals surface area (Å²) in [6.45, 7) is 3.47. The molecule has 0 saturated carbocycles. The zero-order chi connectivity index (χ0) is 14.4. The van der Waals surface area contributed by atoms with Crippen LogP contribution in [0.3, 0.4) is 0 Å². The number of nitrogens with zero attached hydrogens (tertiary/aromatic N) is 3. The maximum atomic E-state index is 12.1. The lowest BCUT2D eigenvalue weighted by molar-refractivity contribution is -0.140. The molecule has 1 aromatic rings. The zero-order valence-corrected chi connectivity index (χ0v) is 11.0. The molecule has 0 bridgehead atoms. The second-order valence-corrected chi connectivity index (χ2v) is 4.14. The first kappa shape index (κ1) is 14.7. The third-order valence-electron chi connectivity index (χ3n) is 3.03. The van der Waals surface area contributed by atoms with Crippen LogP contribution in [0.25, 0.3) is 5.53 Å². The predicted octanol–water partition coefficient (Wildman–Crippen LogP) is 1.23. The van der Waals surface area contributed by atoms with Crippen molar-refractivity contribution >= 4 is 17.5 Å². The highest BCUT2D eigenvalue weighted by atomic mass is 16.5. The number of ketones is 1. The Balaban J connectivity index is 2.94. The van der Waals surface area contributed by atoms with Gasteiger partial charge in [0.25, 0.3) is 5.78 Å². The fourth-order valence-electron chi connectivity index (χ4n) is 1.63. The van der Waals surface area contributed by atoms with E-state index in [9.17, 15) is 9.59 Å². The van der Waals surface area contributed by atoms with Gasteiger partial charge in [-0.05, 0) is 12.1 Å². The lowest BCUT2D eigenvalue weighted by Crippen LogP contribution is -2.33. The van der Waals surface area contributed by atoms with E-state index in [4.69, 9.17) is 5.53 Å². The standard InChI is InChI=1S/C13H15N3O3/c1-8(10-6-4-5-7-15-10)9(2)12(17)11(16-14)13(18)19-3/h4-9H,1-3H3/t8-,9-/m1/s1. The number of methoxy groups -OCH3 is 1. The van der Waals surface area contributed by atoms with Crippen LogP contribution in [0.2, 0.25) is 0 Å². The van der Waals surface area contributed by atoms with Crippen molar-refractivity contribution in [3.05, 3.63) is 35.6 Å². The van der Waals surface area contributed by atoms with Crippen molar-refractivity contribution < 1.29 is 19.1 Å². The number of ether oxygens (including phenoxy) is 1. The third-order valence-corrected chi connectivity index (χ3v) is 3.03. The van der Waals surface area contributed by atoms with Gasteiger partial charge >= 0.3 is 11.7 Å². The molecule has 0 radical (unpaired) electrons. The second-order valence-electron chi connectivity index (χ2n) is 4.14. The Hall–Kier alpha value is -2.33. The van der Waals surface area contributed by atoms with Crippen LogP contribution in [0.5, 0.6) is 0 Å². The fraction of sp³-hybridized carbons (Fsp3) is 0.385. The molecule has 0 aliphatic carbocycles. The number of esters is 1. The van der Waals surface area contributed by atoms with E-state index >= 15 is 0 Å². The van der Waals surface area contributed by atoms with Crippen LogP contribution in [-0.4, -0.2) is 34.3 Å². The summed E-state index contributed by atoms with van der Waals surface area (Å²) in [7, 11) is 1.12. The summed E-state index contributed by atoms with van der Waals surface area (Å²) in [5, 5.41) is 0. The highest BCUT2D eigenvalue weighted by Crippen LogP contribution is 2.23. The molecule has 0 unspecified atom stereocenters. The van der Waals surface area contributed by atoms with E-state index in [1.165, 1.54) is 0 Å². The molecule has 0 N–H and O–H groups in total. The van der Waals surface area contributed by atoms with Gasteiger partial charge in [0.15, 0.2) is 0 Å². The molecular formula is C13H15N3O3. The average Bonchev–Trinajstić information content (AvgIpc) is 2.46. The summed E-state index contributed by atoms with van der Waals surface area (Å²) in [6.07, 6.45) is 1.63. The Labute approximate surface area is 111 Å². The molecule has 6 nitrogen and oxygen atoms in total. The SMILES string of the molecule is COC(=O)C(=[N+]=[N-])C(=O)[C@H](C)[C@@H](C)c1ccccn1. The number of carbonyl (C=O) groups excluding carboxylic acids is 2. The summed E-state index contributed by atoms with van der Waals surface area (Å²) < 4.78 is 4.39. The van der Waals surface area contributed by atoms with Crippen LogP contribution in [0, 0.1) is 5.92 Å². The number of hydrogen-bond acceptors (Lipinski definition) is 4. The topological polar surface area (TPSA) is 92.7 Å². The number of carbonyl (C=O) groups is 2. The van der Waals surface area contributed by atoms with Gasteiger partial charge in [0.2, 0.25) is 0 Å². The maximum Gasteiger partial charge on any atom is 0.441 e. The van der Waals surface area contributed by atoms with Crippen LogP contribution >= 0.6 is 0 Å². The molecule has 0 fully saturated rings. The molecule has 2 atom stereocenters. The molecule has 0 saturated heterocycles. The summed E-state index contributed by atoms with van der Waals surface area (Å²) >= 11 is 0.